The molecule has 4 nitrogen and oxygen atoms in total. The third kappa shape index (κ3) is 4.31. The van der Waals surface area contributed by atoms with Crippen LogP contribution in [0.3, 0.4) is 0 Å². The summed E-state index contributed by atoms with van der Waals surface area (Å²) in [5.41, 5.74) is 1.61. The average Bonchev–Trinajstić information content (AvgIpc) is 2.37. The summed E-state index contributed by atoms with van der Waals surface area (Å²) in [6.45, 7) is 0. The molecule has 0 aliphatic heterocycles. The first-order valence-corrected chi connectivity index (χ1v) is 7.20. The molecule has 0 spiro atoms. The van der Waals surface area contributed by atoms with Crippen LogP contribution in [0.4, 0.5) is 5.69 Å². The van der Waals surface area contributed by atoms with E-state index in [0.717, 1.165) is 0 Å². The molecule has 2 rings (SSSR count). The molecule has 0 saturated carbocycles. The van der Waals surface area contributed by atoms with Crippen molar-refractivity contribution in [3.63, 3.8) is 0 Å². The SMILES string of the molecule is O=C(O)Cc1cccc(NC(=O)c2ccc(Cl)cc2Br)c1. The number of carboxylic acid groups (broad SMARTS) is 1. The third-order valence-electron chi connectivity index (χ3n) is 2.72. The molecule has 2 aromatic rings. The van der Waals surface area contributed by atoms with Crippen LogP contribution in [-0.2, 0) is 11.2 Å². The Morgan fingerprint density at radius 1 is 1.19 bits per heavy atom. The zero-order chi connectivity index (χ0) is 15.4. The number of carbonyl (C=O) groups is 2. The van der Waals surface area contributed by atoms with Gasteiger partial charge in [0.15, 0.2) is 0 Å². The van der Waals surface area contributed by atoms with Crippen molar-refractivity contribution in [2.75, 3.05) is 5.32 Å². The molecular formula is C15H11BrClNO3. The maximum Gasteiger partial charge on any atom is 0.307 e. The van der Waals surface area contributed by atoms with Crippen LogP contribution >= 0.6 is 27.5 Å². The Balaban J connectivity index is 2.17. The number of carboxylic acids is 1. The first kappa shape index (κ1) is 15.5. The van der Waals surface area contributed by atoms with Crippen molar-refractivity contribution in [1.82, 2.24) is 0 Å². The summed E-state index contributed by atoms with van der Waals surface area (Å²) in [6, 6.07) is 11.6. The van der Waals surface area contributed by atoms with Gasteiger partial charge in [-0.15, -0.1) is 0 Å². The molecule has 0 bridgehead atoms. The van der Waals surface area contributed by atoms with Gasteiger partial charge in [-0.3, -0.25) is 9.59 Å². The van der Waals surface area contributed by atoms with Crippen molar-refractivity contribution in [2.45, 2.75) is 6.42 Å². The van der Waals surface area contributed by atoms with Crippen molar-refractivity contribution in [1.29, 1.82) is 0 Å². The van der Waals surface area contributed by atoms with E-state index in [9.17, 15) is 9.59 Å². The highest BCUT2D eigenvalue weighted by Gasteiger charge is 2.11. The molecule has 0 fully saturated rings. The van der Waals surface area contributed by atoms with Crippen molar-refractivity contribution >= 4 is 45.1 Å². The number of aliphatic carboxylic acids is 1. The van der Waals surface area contributed by atoms with Crippen LogP contribution < -0.4 is 5.32 Å². The highest BCUT2D eigenvalue weighted by Crippen LogP contribution is 2.22. The lowest BCUT2D eigenvalue weighted by atomic mass is 10.1. The fourth-order valence-electron chi connectivity index (χ4n) is 1.81. The number of rotatable bonds is 4. The normalized spacial score (nSPS) is 10.2. The Morgan fingerprint density at radius 3 is 2.62 bits per heavy atom. The Bertz CT molecular complexity index is 703. The van der Waals surface area contributed by atoms with E-state index in [1.165, 1.54) is 0 Å². The molecule has 108 valence electrons. The number of anilines is 1. The van der Waals surface area contributed by atoms with Crippen LogP contribution in [0.5, 0.6) is 0 Å². The smallest absolute Gasteiger partial charge is 0.307 e. The van der Waals surface area contributed by atoms with Crippen LogP contribution in [0.15, 0.2) is 46.9 Å². The Kier molecular flexibility index (Phi) is 4.98. The first-order valence-electron chi connectivity index (χ1n) is 6.03. The number of carbonyl (C=O) groups excluding carboxylic acids is 1. The fourth-order valence-corrected chi connectivity index (χ4v) is 2.67. The van der Waals surface area contributed by atoms with Gasteiger partial charge in [0.1, 0.15) is 0 Å². The minimum Gasteiger partial charge on any atom is -0.481 e. The van der Waals surface area contributed by atoms with E-state index in [1.54, 1.807) is 42.5 Å². The van der Waals surface area contributed by atoms with Crippen LogP contribution in [-0.4, -0.2) is 17.0 Å². The van der Waals surface area contributed by atoms with Crippen molar-refractivity contribution < 1.29 is 14.7 Å². The monoisotopic (exact) mass is 367 g/mol. The van der Waals surface area contributed by atoms with Gasteiger partial charge >= 0.3 is 5.97 Å². The molecule has 0 heterocycles. The van der Waals surface area contributed by atoms with E-state index < -0.39 is 5.97 Å². The zero-order valence-corrected chi connectivity index (χ0v) is 13.1. The minimum absolute atomic E-state index is 0.0889. The highest BCUT2D eigenvalue weighted by molar-refractivity contribution is 9.10. The molecule has 2 N–H and O–H groups in total. The average molecular weight is 369 g/mol. The van der Waals surface area contributed by atoms with E-state index in [0.29, 0.717) is 26.3 Å². The second-order valence-corrected chi connectivity index (χ2v) is 5.64. The number of benzene rings is 2. The summed E-state index contributed by atoms with van der Waals surface area (Å²) < 4.78 is 0.592. The summed E-state index contributed by atoms with van der Waals surface area (Å²) in [5.74, 6) is -1.22. The van der Waals surface area contributed by atoms with Crippen LogP contribution in [0.2, 0.25) is 5.02 Å². The Morgan fingerprint density at radius 2 is 1.95 bits per heavy atom. The molecule has 0 aliphatic rings. The maximum absolute atomic E-state index is 12.2. The standard InChI is InChI=1S/C15H11BrClNO3/c16-13-8-10(17)4-5-12(13)15(21)18-11-3-1-2-9(6-11)7-14(19)20/h1-6,8H,7H2,(H,18,21)(H,19,20). The predicted octanol–water partition coefficient (Wildman–Crippen LogP) is 3.98. The van der Waals surface area contributed by atoms with Gasteiger partial charge in [0.05, 0.1) is 12.0 Å². The molecule has 2 aromatic carbocycles. The van der Waals surface area contributed by atoms with E-state index in [-0.39, 0.29) is 12.3 Å². The summed E-state index contributed by atoms with van der Waals surface area (Å²) in [5, 5.41) is 12.0. The van der Waals surface area contributed by atoms with Crippen LogP contribution in [0, 0.1) is 0 Å². The molecule has 6 heteroatoms. The zero-order valence-electron chi connectivity index (χ0n) is 10.8. The van der Waals surface area contributed by atoms with E-state index in [4.69, 9.17) is 16.7 Å². The number of hydrogen-bond donors (Lipinski definition) is 2. The molecule has 0 unspecified atom stereocenters. The summed E-state index contributed by atoms with van der Waals surface area (Å²) in [6.07, 6.45) is -0.0889. The largest absolute Gasteiger partial charge is 0.481 e. The van der Waals surface area contributed by atoms with Gasteiger partial charge in [0.25, 0.3) is 5.91 Å². The second-order valence-electron chi connectivity index (χ2n) is 4.35. The maximum atomic E-state index is 12.2. The summed E-state index contributed by atoms with van der Waals surface area (Å²) in [4.78, 5) is 22.9. The molecule has 0 aliphatic carbocycles. The number of nitrogens with one attached hydrogen (secondary N) is 1. The lowest BCUT2D eigenvalue weighted by molar-refractivity contribution is -0.136. The summed E-state index contributed by atoms with van der Waals surface area (Å²) >= 11 is 9.12. The van der Waals surface area contributed by atoms with Crippen molar-refractivity contribution in [2.24, 2.45) is 0 Å². The topological polar surface area (TPSA) is 66.4 Å². The van der Waals surface area contributed by atoms with Gasteiger partial charge in [-0.05, 0) is 51.8 Å². The molecule has 21 heavy (non-hydrogen) atoms. The summed E-state index contributed by atoms with van der Waals surface area (Å²) in [7, 11) is 0. The van der Waals surface area contributed by atoms with Gasteiger partial charge in [-0.1, -0.05) is 23.7 Å². The van der Waals surface area contributed by atoms with Gasteiger partial charge < -0.3 is 10.4 Å². The lowest BCUT2D eigenvalue weighted by Crippen LogP contribution is -2.13. The lowest BCUT2D eigenvalue weighted by Gasteiger charge is -2.08. The van der Waals surface area contributed by atoms with E-state index in [2.05, 4.69) is 21.2 Å². The quantitative estimate of drug-likeness (QED) is 0.858. The van der Waals surface area contributed by atoms with Gasteiger partial charge in [-0.25, -0.2) is 0 Å². The van der Waals surface area contributed by atoms with Gasteiger partial charge in [0.2, 0.25) is 0 Å². The third-order valence-corrected chi connectivity index (χ3v) is 3.61. The van der Waals surface area contributed by atoms with Crippen LogP contribution in [0.25, 0.3) is 0 Å². The molecule has 0 atom stereocenters. The molecule has 0 aromatic heterocycles. The molecule has 1 amide bonds. The van der Waals surface area contributed by atoms with Crippen molar-refractivity contribution in [3.05, 3.63) is 63.1 Å². The fraction of sp³-hybridized carbons (Fsp3) is 0.0667. The Labute approximate surface area is 134 Å². The van der Waals surface area contributed by atoms with E-state index in [1.807, 2.05) is 0 Å². The number of amides is 1. The van der Waals surface area contributed by atoms with Crippen LogP contribution in [0.1, 0.15) is 15.9 Å². The number of halogens is 2. The predicted molar refractivity (Wildman–Crippen MR) is 84.9 cm³/mol. The van der Waals surface area contributed by atoms with Gasteiger partial charge in [0, 0.05) is 15.2 Å². The van der Waals surface area contributed by atoms with Gasteiger partial charge in [-0.2, -0.15) is 0 Å². The van der Waals surface area contributed by atoms with E-state index >= 15 is 0 Å². The van der Waals surface area contributed by atoms with Crippen molar-refractivity contribution in [3.8, 4) is 0 Å². The number of hydrogen-bond acceptors (Lipinski definition) is 2. The molecule has 0 radical (unpaired) electrons. The highest BCUT2D eigenvalue weighted by atomic mass is 79.9. The first-order chi connectivity index (χ1) is 9.95. The Hall–Kier alpha value is -1.85. The molecular weight excluding hydrogens is 358 g/mol. The minimum atomic E-state index is -0.918. The molecule has 0 saturated heterocycles. The second kappa shape index (κ2) is 6.74.